The zero-order valence-corrected chi connectivity index (χ0v) is 12.2. The van der Waals surface area contributed by atoms with E-state index in [9.17, 15) is 0 Å². The van der Waals surface area contributed by atoms with Gasteiger partial charge in [-0.25, -0.2) is 0 Å². The highest BCUT2D eigenvalue weighted by atomic mass is 14.9. The van der Waals surface area contributed by atoms with Crippen LogP contribution in [-0.2, 0) is 0 Å². The second-order valence-electron chi connectivity index (χ2n) is 6.45. The quantitative estimate of drug-likeness (QED) is 0.718. The number of hydrogen-bond donors (Lipinski definition) is 2. The predicted octanol–water partition coefficient (Wildman–Crippen LogP) is 3.02. The third kappa shape index (κ3) is 4.59. The average molecular weight is 240 g/mol. The van der Waals surface area contributed by atoms with Crippen molar-refractivity contribution in [2.75, 3.05) is 13.1 Å². The predicted molar refractivity (Wildman–Crippen MR) is 76.0 cm³/mol. The summed E-state index contributed by atoms with van der Waals surface area (Å²) in [6.45, 7) is 11.3. The van der Waals surface area contributed by atoms with Crippen molar-refractivity contribution in [2.24, 2.45) is 29.4 Å². The molecule has 0 radical (unpaired) electrons. The highest BCUT2D eigenvalue weighted by Gasteiger charge is 2.25. The Morgan fingerprint density at radius 2 is 1.59 bits per heavy atom. The molecule has 1 unspecified atom stereocenters. The number of nitrogens with two attached hydrogens (primary N) is 1. The van der Waals surface area contributed by atoms with E-state index in [1.54, 1.807) is 0 Å². The summed E-state index contributed by atoms with van der Waals surface area (Å²) in [5.41, 5.74) is 5.93. The molecular weight excluding hydrogens is 208 g/mol. The first kappa shape index (κ1) is 15.0. The van der Waals surface area contributed by atoms with Gasteiger partial charge in [-0.3, -0.25) is 0 Å². The molecule has 2 heteroatoms. The van der Waals surface area contributed by atoms with Gasteiger partial charge in [-0.2, -0.15) is 0 Å². The molecular formula is C15H32N2. The van der Waals surface area contributed by atoms with Gasteiger partial charge in [0.15, 0.2) is 0 Å². The van der Waals surface area contributed by atoms with Crippen LogP contribution in [0.4, 0.5) is 0 Å². The fraction of sp³-hybridized carbons (Fsp3) is 1.00. The molecule has 0 bridgehead atoms. The standard InChI is InChI=1S/C15H32N2/c1-11(2)14(12(3)4)10-17-15(9-16)13-7-5-6-8-13/h11-15,17H,5-10,16H2,1-4H3. The lowest BCUT2D eigenvalue weighted by molar-refractivity contribution is 0.248. The normalized spacial score (nSPS) is 19.8. The van der Waals surface area contributed by atoms with Crippen molar-refractivity contribution in [3.63, 3.8) is 0 Å². The maximum Gasteiger partial charge on any atom is 0.0218 e. The monoisotopic (exact) mass is 240 g/mol. The minimum atomic E-state index is 0.553. The third-order valence-electron chi connectivity index (χ3n) is 4.55. The lowest BCUT2D eigenvalue weighted by Crippen LogP contribution is -2.44. The van der Waals surface area contributed by atoms with Gasteiger partial charge in [-0.1, -0.05) is 40.5 Å². The topological polar surface area (TPSA) is 38.0 Å². The van der Waals surface area contributed by atoms with Crippen LogP contribution in [0.15, 0.2) is 0 Å². The highest BCUT2D eigenvalue weighted by molar-refractivity contribution is 4.83. The zero-order valence-electron chi connectivity index (χ0n) is 12.2. The van der Waals surface area contributed by atoms with Crippen molar-refractivity contribution in [1.29, 1.82) is 0 Å². The number of rotatable bonds is 7. The van der Waals surface area contributed by atoms with E-state index in [-0.39, 0.29) is 0 Å². The number of hydrogen-bond acceptors (Lipinski definition) is 2. The summed E-state index contributed by atoms with van der Waals surface area (Å²) >= 11 is 0. The fourth-order valence-electron chi connectivity index (χ4n) is 3.33. The van der Waals surface area contributed by atoms with Gasteiger partial charge in [0.25, 0.3) is 0 Å². The van der Waals surface area contributed by atoms with Gasteiger partial charge in [-0.15, -0.1) is 0 Å². The van der Waals surface area contributed by atoms with Crippen molar-refractivity contribution < 1.29 is 0 Å². The number of nitrogens with one attached hydrogen (secondary N) is 1. The SMILES string of the molecule is CC(C)C(CNC(CN)C1CCCC1)C(C)C. The van der Waals surface area contributed by atoms with Crippen LogP contribution in [0.25, 0.3) is 0 Å². The average Bonchev–Trinajstić information content (AvgIpc) is 2.76. The Balaban J connectivity index is 2.39. The van der Waals surface area contributed by atoms with E-state index >= 15 is 0 Å². The van der Waals surface area contributed by atoms with E-state index in [2.05, 4.69) is 33.0 Å². The van der Waals surface area contributed by atoms with Crippen molar-refractivity contribution in [3.05, 3.63) is 0 Å². The molecule has 1 fully saturated rings. The van der Waals surface area contributed by atoms with Gasteiger partial charge in [-0.05, 0) is 43.1 Å². The van der Waals surface area contributed by atoms with Crippen LogP contribution >= 0.6 is 0 Å². The summed E-state index contributed by atoms with van der Waals surface area (Å²) in [6.07, 6.45) is 5.56. The summed E-state index contributed by atoms with van der Waals surface area (Å²) in [5.74, 6) is 3.11. The molecule has 102 valence electrons. The molecule has 1 aliphatic rings. The van der Waals surface area contributed by atoms with Crippen molar-refractivity contribution in [3.8, 4) is 0 Å². The van der Waals surface area contributed by atoms with Gasteiger partial charge in [0.2, 0.25) is 0 Å². The van der Waals surface area contributed by atoms with Crippen LogP contribution in [0, 0.1) is 23.7 Å². The molecule has 0 aromatic carbocycles. The summed E-state index contributed by atoms with van der Waals surface area (Å²) < 4.78 is 0. The molecule has 0 aliphatic heterocycles. The molecule has 0 amide bonds. The Bertz CT molecular complexity index is 187. The molecule has 1 rings (SSSR count). The second-order valence-corrected chi connectivity index (χ2v) is 6.45. The van der Waals surface area contributed by atoms with Gasteiger partial charge in [0.1, 0.15) is 0 Å². The lowest BCUT2D eigenvalue weighted by Gasteiger charge is -2.30. The fourth-order valence-corrected chi connectivity index (χ4v) is 3.33. The molecule has 3 N–H and O–H groups in total. The molecule has 0 aromatic heterocycles. The van der Waals surface area contributed by atoms with Crippen molar-refractivity contribution in [1.82, 2.24) is 5.32 Å². The van der Waals surface area contributed by atoms with Crippen LogP contribution in [0.5, 0.6) is 0 Å². The molecule has 0 spiro atoms. The first-order valence-corrected chi connectivity index (χ1v) is 7.49. The smallest absolute Gasteiger partial charge is 0.0218 e. The van der Waals surface area contributed by atoms with Crippen molar-refractivity contribution in [2.45, 2.75) is 59.4 Å². The maximum atomic E-state index is 5.93. The molecule has 1 atom stereocenters. The molecule has 0 aromatic rings. The van der Waals surface area contributed by atoms with E-state index in [1.807, 2.05) is 0 Å². The first-order valence-electron chi connectivity index (χ1n) is 7.49. The summed E-state index contributed by atoms with van der Waals surface area (Å²) in [4.78, 5) is 0. The van der Waals surface area contributed by atoms with E-state index in [1.165, 1.54) is 25.7 Å². The third-order valence-corrected chi connectivity index (χ3v) is 4.55. The summed E-state index contributed by atoms with van der Waals surface area (Å²) in [7, 11) is 0. The van der Waals surface area contributed by atoms with Crippen LogP contribution < -0.4 is 11.1 Å². The van der Waals surface area contributed by atoms with Gasteiger partial charge >= 0.3 is 0 Å². The van der Waals surface area contributed by atoms with E-state index < -0.39 is 0 Å². The Labute approximate surface area is 108 Å². The van der Waals surface area contributed by atoms with E-state index in [4.69, 9.17) is 5.73 Å². The Morgan fingerprint density at radius 1 is 1.06 bits per heavy atom. The van der Waals surface area contributed by atoms with Crippen molar-refractivity contribution >= 4 is 0 Å². The van der Waals surface area contributed by atoms with E-state index in [0.717, 1.165) is 36.8 Å². The highest BCUT2D eigenvalue weighted by Crippen LogP contribution is 2.28. The van der Waals surface area contributed by atoms with Crippen LogP contribution in [0.1, 0.15) is 53.4 Å². The Kier molecular flexibility index (Phi) is 6.50. The Hall–Kier alpha value is -0.0800. The summed E-state index contributed by atoms with van der Waals surface area (Å²) in [5, 5.41) is 3.75. The minimum Gasteiger partial charge on any atom is -0.329 e. The largest absolute Gasteiger partial charge is 0.329 e. The minimum absolute atomic E-state index is 0.553. The first-order chi connectivity index (χ1) is 8.06. The zero-order chi connectivity index (χ0) is 12.8. The van der Waals surface area contributed by atoms with Gasteiger partial charge in [0.05, 0.1) is 0 Å². The summed E-state index contributed by atoms with van der Waals surface area (Å²) in [6, 6.07) is 0.553. The van der Waals surface area contributed by atoms with Crippen LogP contribution in [0.3, 0.4) is 0 Å². The van der Waals surface area contributed by atoms with Gasteiger partial charge in [0, 0.05) is 12.6 Å². The molecule has 0 saturated heterocycles. The van der Waals surface area contributed by atoms with Gasteiger partial charge < -0.3 is 11.1 Å². The molecule has 1 saturated carbocycles. The maximum absolute atomic E-state index is 5.93. The molecule has 1 aliphatic carbocycles. The second kappa shape index (κ2) is 7.38. The Morgan fingerprint density at radius 3 is 2.00 bits per heavy atom. The van der Waals surface area contributed by atoms with Crippen LogP contribution in [0.2, 0.25) is 0 Å². The van der Waals surface area contributed by atoms with Crippen LogP contribution in [-0.4, -0.2) is 19.1 Å². The lowest BCUT2D eigenvalue weighted by atomic mass is 9.85. The molecule has 2 nitrogen and oxygen atoms in total. The molecule has 0 heterocycles. The molecule has 17 heavy (non-hydrogen) atoms. The van der Waals surface area contributed by atoms with E-state index in [0.29, 0.717) is 6.04 Å².